The zero-order chi connectivity index (χ0) is 16.0. The van der Waals surface area contributed by atoms with E-state index in [1.54, 1.807) is 23.0 Å². The highest BCUT2D eigenvalue weighted by atomic mass is 35.5. The van der Waals surface area contributed by atoms with E-state index in [0.29, 0.717) is 15.6 Å². The number of hydrogen-bond donors (Lipinski definition) is 1. The molecule has 6 heteroatoms. The Morgan fingerprint density at radius 3 is 2.55 bits per heavy atom. The van der Waals surface area contributed by atoms with Gasteiger partial charge in [0.05, 0.1) is 22.3 Å². The first kappa shape index (κ1) is 15.6. The quantitative estimate of drug-likeness (QED) is 0.842. The Balaban J connectivity index is 2.14. The van der Waals surface area contributed by atoms with Crippen LogP contribution < -0.4 is 0 Å². The van der Waals surface area contributed by atoms with Crippen LogP contribution in [0.1, 0.15) is 18.6 Å². The predicted octanol–water partition coefficient (Wildman–Crippen LogP) is 3.98. The number of aliphatic hydroxyl groups excluding tert-OH is 1. The number of rotatable bonds is 2. The molecular weight excluding hydrogens is 323 g/mol. The Labute approximate surface area is 138 Å². The summed E-state index contributed by atoms with van der Waals surface area (Å²) in [7, 11) is 1.85. The number of aryl methyl sites for hydroxylation is 1. The molecule has 1 N–H and O–H groups in total. The van der Waals surface area contributed by atoms with Gasteiger partial charge in [-0.3, -0.25) is 4.68 Å². The maximum Gasteiger partial charge on any atom is 0.177 e. The molecule has 2 heterocycles. The predicted molar refractivity (Wildman–Crippen MR) is 86.8 cm³/mol. The molecule has 1 aromatic carbocycles. The maximum absolute atomic E-state index is 9.89. The van der Waals surface area contributed by atoms with E-state index in [0.717, 1.165) is 16.7 Å². The fourth-order valence-corrected chi connectivity index (χ4v) is 3.05. The number of halogens is 2. The van der Waals surface area contributed by atoms with Crippen LogP contribution in [0.5, 0.6) is 0 Å². The summed E-state index contributed by atoms with van der Waals surface area (Å²) in [6.45, 7) is 5.86. The Morgan fingerprint density at radius 2 is 2.00 bits per heavy atom. The average Bonchev–Trinajstić information content (AvgIpc) is 3.01. The van der Waals surface area contributed by atoms with Crippen LogP contribution in [-0.2, 0) is 11.8 Å². The summed E-state index contributed by atoms with van der Waals surface area (Å²) in [4.78, 5) is 0. The lowest BCUT2D eigenvalue weighted by molar-refractivity contribution is -0.0806. The van der Waals surface area contributed by atoms with Gasteiger partial charge in [-0.15, -0.1) is 0 Å². The molecule has 0 bridgehead atoms. The van der Waals surface area contributed by atoms with Gasteiger partial charge in [0, 0.05) is 24.7 Å². The normalized spacial score (nSPS) is 25.0. The summed E-state index contributed by atoms with van der Waals surface area (Å²) in [5.41, 5.74) is 3.33. The van der Waals surface area contributed by atoms with E-state index < -0.39 is 6.29 Å². The summed E-state index contributed by atoms with van der Waals surface area (Å²) >= 11 is 12.4. The molecule has 1 aromatic heterocycles. The van der Waals surface area contributed by atoms with Crippen LogP contribution in [0.25, 0.3) is 11.1 Å². The van der Waals surface area contributed by atoms with E-state index in [9.17, 15) is 5.11 Å². The number of benzene rings is 1. The largest absolute Gasteiger partial charge is 0.364 e. The SMILES string of the molecule is C=C1C(O)O[C@H](c2cc(Cl)c(Cl)cc2-c2cnn(C)c2)[C@@H]1C. The van der Waals surface area contributed by atoms with Gasteiger partial charge in [0.25, 0.3) is 0 Å². The summed E-state index contributed by atoms with van der Waals surface area (Å²) in [5, 5.41) is 15.0. The van der Waals surface area contributed by atoms with Crippen LogP contribution in [0.15, 0.2) is 36.7 Å². The molecule has 1 fully saturated rings. The third-order valence-corrected chi connectivity index (χ3v) is 4.77. The van der Waals surface area contributed by atoms with Crippen molar-refractivity contribution in [2.24, 2.45) is 13.0 Å². The lowest BCUT2D eigenvalue weighted by Crippen LogP contribution is -2.07. The first-order valence-corrected chi connectivity index (χ1v) is 7.64. The molecule has 0 amide bonds. The molecule has 1 aliphatic rings. The minimum absolute atomic E-state index is 0.0253. The van der Waals surface area contributed by atoms with E-state index in [1.165, 1.54) is 0 Å². The molecule has 2 aromatic rings. The first-order valence-electron chi connectivity index (χ1n) is 6.88. The lowest BCUT2D eigenvalue weighted by atomic mass is 9.89. The molecule has 3 atom stereocenters. The number of aromatic nitrogens is 2. The highest BCUT2D eigenvalue weighted by molar-refractivity contribution is 6.42. The van der Waals surface area contributed by atoms with Crippen LogP contribution in [0, 0.1) is 5.92 Å². The van der Waals surface area contributed by atoms with Gasteiger partial charge in [-0.2, -0.15) is 5.10 Å². The number of aliphatic hydroxyl groups is 1. The monoisotopic (exact) mass is 338 g/mol. The zero-order valence-corrected chi connectivity index (χ0v) is 13.8. The van der Waals surface area contributed by atoms with Gasteiger partial charge in [-0.25, -0.2) is 0 Å². The first-order chi connectivity index (χ1) is 10.4. The van der Waals surface area contributed by atoms with Crippen molar-refractivity contribution in [3.63, 3.8) is 0 Å². The van der Waals surface area contributed by atoms with Crippen molar-refractivity contribution in [1.29, 1.82) is 0 Å². The van der Waals surface area contributed by atoms with Crippen molar-refractivity contribution >= 4 is 23.2 Å². The van der Waals surface area contributed by atoms with Crippen LogP contribution >= 0.6 is 23.2 Å². The smallest absolute Gasteiger partial charge is 0.177 e. The molecule has 116 valence electrons. The van der Waals surface area contributed by atoms with Gasteiger partial charge in [-0.05, 0) is 28.8 Å². The third kappa shape index (κ3) is 2.57. The standard InChI is InChI=1S/C16H16Cl2N2O2/c1-8-9(2)16(21)22-15(8)12-5-14(18)13(17)4-11(12)10-6-19-20(3)7-10/h4-8,15-16,21H,2H2,1,3H3/t8-,15+,16?/m1/s1. The molecule has 1 aliphatic heterocycles. The van der Waals surface area contributed by atoms with E-state index in [4.69, 9.17) is 27.9 Å². The second-order valence-corrected chi connectivity index (χ2v) is 6.34. The van der Waals surface area contributed by atoms with Crippen molar-refractivity contribution in [3.05, 3.63) is 52.3 Å². The van der Waals surface area contributed by atoms with Gasteiger partial charge < -0.3 is 9.84 Å². The minimum atomic E-state index is -0.962. The zero-order valence-electron chi connectivity index (χ0n) is 12.3. The van der Waals surface area contributed by atoms with Crippen molar-refractivity contribution in [2.75, 3.05) is 0 Å². The molecular formula is C16H16Cl2N2O2. The molecule has 0 saturated carbocycles. The van der Waals surface area contributed by atoms with Gasteiger partial charge in [0.2, 0.25) is 0 Å². The van der Waals surface area contributed by atoms with Crippen molar-refractivity contribution in [2.45, 2.75) is 19.3 Å². The number of nitrogens with zero attached hydrogens (tertiary/aromatic N) is 2. The third-order valence-electron chi connectivity index (χ3n) is 4.05. The highest BCUT2D eigenvalue weighted by Crippen LogP contribution is 2.45. The van der Waals surface area contributed by atoms with E-state index in [2.05, 4.69) is 11.7 Å². The molecule has 4 nitrogen and oxygen atoms in total. The van der Waals surface area contributed by atoms with Crippen molar-refractivity contribution in [3.8, 4) is 11.1 Å². The highest BCUT2D eigenvalue weighted by Gasteiger charge is 2.37. The van der Waals surface area contributed by atoms with Crippen molar-refractivity contribution in [1.82, 2.24) is 9.78 Å². The molecule has 0 spiro atoms. The van der Waals surface area contributed by atoms with Gasteiger partial charge in [-0.1, -0.05) is 36.7 Å². The molecule has 1 saturated heterocycles. The fraction of sp³-hybridized carbons (Fsp3) is 0.312. The summed E-state index contributed by atoms with van der Waals surface area (Å²) in [5.74, 6) is -0.0253. The molecule has 3 rings (SSSR count). The van der Waals surface area contributed by atoms with E-state index in [1.807, 2.05) is 20.2 Å². The summed E-state index contributed by atoms with van der Waals surface area (Å²) in [6.07, 6.45) is 2.37. The maximum atomic E-state index is 9.89. The fourth-order valence-electron chi connectivity index (χ4n) is 2.71. The van der Waals surface area contributed by atoms with Crippen LogP contribution in [0.3, 0.4) is 0 Å². The molecule has 0 radical (unpaired) electrons. The molecule has 1 unspecified atom stereocenters. The molecule has 0 aliphatic carbocycles. The van der Waals surface area contributed by atoms with E-state index in [-0.39, 0.29) is 12.0 Å². The van der Waals surface area contributed by atoms with E-state index >= 15 is 0 Å². The average molecular weight is 339 g/mol. The second-order valence-electron chi connectivity index (χ2n) is 5.53. The van der Waals surface area contributed by atoms with Gasteiger partial charge in [0.15, 0.2) is 6.29 Å². The Hall–Kier alpha value is -1.33. The molecule has 22 heavy (non-hydrogen) atoms. The summed E-state index contributed by atoms with van der Waals surface area (Å²) in [6, 6.07) is 3.60. The van der Waals surface area contributed by atoms with Crippen molar-refractivity contribution < 1.29 is 9.84 Å². The van der Waals surface area contributed by atoms with Gasteiger partial charge >= 0.3 is 0 Å². The van der Waals surface area contributed by atoms with Gasteiger partial charge in [0.1, 0.15) is 0 Å². The number of hydrogen-bond acceptors (Lipinski definition) is 3. The topological polar surface area (TPSA) is 47.3 Å². The van der Waals surface area contributed by atoms with Crippen LogP contribution in [0.4, 0.5) is 0 Å². The summed E-state index contributed by atoms with van der Waals surface area (Å²) < 4.78 is 7.38. The Kier molecular flexibility index (Phi) is 4.03. The van der Waals surface area contributed by atoms with Crippen LogP contribution in [-0.4, -0.2) is 21.2 Å². The minimum Gasteiger partial charge on any atom is -0.364 e. The number of ether oxygens (including phenoxy) is 1. The van der Waals surface area contributed by atoms with Crippen LogP contribution in [0.2, 0.25) is 10.0 Å². The Bertz CT molecular complexity index is 742. The second kappa shape index (κ2) is 5.70. The Morgan fingerprint density at radius 1 is 1.32 bits per heavy atom. The lowest BCUT2D eigenvalue weighted by Gasteiger charge is -2.19.